The van der Waals surface area contributed by atoms with Crippen LogP contribution in [0.1, 0.15) is 48.5 Å². The van der Waals surface area contributed by atoms with Crippen LogP contribution in [0.25, 0.3) is 11.1 Å². The average Bonchev–Trinajstić information content (AvgIpc) is 2.63. The number of hydrogen-bond donors (Lipinski definition) is 0. The molecule has 24 heavy (non-hydrogen) atoms. The first-order valence-electron chi connectivity index (χ1n) is 8.48. The molecule has 0 aromatic heterocycles. The van der Waals surface area contributed by atoms with Crippen LogP contribution in [0.2, 0.25) is 0 Å². The van der Waals surface area contributed by atoms with Crippen molar-refractivity contribution in [2.45, 2.75) is 39.0 Å². The zero-order valence-corrected chi connectivity index (χ0v) is 14.1. The molecular formula is C21H23NO2. The van der Waals surface area contributed by atoms with Gasteiger partial charge < -0.3 is 4.74 Å². The minimum absolute atomic E-state index is 0.135. The van der Waals surface area contributed by atoms with E-state index >= 15 is 0 Å². The molecule has 2 aromatic carbocycles. The highest BCUT2D eigenvalue weighted by Crippen LogP contribution is 2.21. The van der Waals surface area contributed by atoms with Crippen LogP contribution in [0.3, 0.4) is 0 Å². The molecule has 0 atom stereocenters. The Bertz CT molecular complexity index is 681. The molecular weight excluding hydrogens is 298 g/mol. The van der Waals surface area contributed by atoms with Crippen molar-refractivity contribution in [3.05, 3.63) is 59.7 Å². The second-order valence-corrected chi connectivity index (χ2v) is 5.78. The van der Waals surface area contributed by atoms with E-state index in [0.29, 0.717) is 5.56 Å². The molecule has 0 aliphatic heterocycles. The molecule has 124 valence electrons. The predicted octanol–water partition coefficient (Wildman–Crippen LogP) is 5.16. The van der Waals surface area contributed by atoms with Crippen LogP contribution >= 0.6 is 0 Å². The maximum absolute atomic E-state index is 11.8. The quantitative estimate of drug-likeness (QED) is 0.498. The van der Waals surface area contributed by atoms with Gasteiger partial charge in [0.15, 0.2) is 0 Å². The molecule has 2 aromatic rings. The Kier molecular flexibility index (Phi) is 7.04. The maximum atomic E-state index is 11.8. The molecule has 0 spiro atoms. The summed E-state index contributed by atoms with van der Waals surface area (Å²) in [6, 6.07) is 17.9. The summed E-state index contributed by atoms with van der Waals surface area (Å²) in [5, 5.41) is 8.45. The first kappa shape index (κ1) is 17.7. The molecule has 0 saturated heterocycles. The number of nitriles is 1. The van der Waals surface area contributed by atoms with Gasteiger partial charge in [-0.2, -0.15) is 5.26 Å². The summed E-state index contributed by atoms with van der Waals surface area (Å²) in [6.07, 6.45) is 5.09. The number of carbonyl (C=O) groups excluding carboxylic acids is 1. The van der Waals surface area contributed by atoms with Gasteiger partial charge in [-0.25, -0.2) is 4.79 Å². The fraction of sp³-hybridized carbons (Fsp3) is 0.333. The lowest BCUT2D eigenvalue weighted by atomic mass is 10.0. The van der Waals surface area contributed by atoms with Crippen LogP contribution in [0.4, 0.5) is 0 Å². The lowest BCUT2D eigenvalue weighted by molar-refractivity contribution is 0.0513. The molecule has 0 bridgehead atoms. The monoisotopic (exact) mass is 321 g/mol. The molecule has 0 aliphatic carbocycles. The van der Waals surface area contributed by atoms with Gasteiger partial charge in [0, 0.05) is 0 Å². The summed E-state index contributed by atoms with van der Waals surface area (Å²) in [4.78, 5) is 11.8. The minimum atomic E-state index is -0.386. The summed E-state index contributed by atoms with van der Waals surface area (Å²) in [5.41, 5.74) is 4.08. The average molecular weight is 321 g/mol. The SMILES string of the molecule is CCCCCc1ccc(-c2ccc(C(=O)OCCC#N)cc2)cc1. The first-order chi connectivity index (χ1) is 11.7. The van der Waals surface area contributed by atoms with Gasteiger partial charge in [0.05, 0.1) is 18.1 Å². The van der Waals surface area contributed by atoms with Crippen molar-refractivity contribution in [1.82, 2.24) is 0 Å². The smallest absolute Gasteiger partial charge is 0.338 e. The number of carbonyl (C=O) groups is 1. The Hall–Kier alpha value is -2.60. The van der Waals surface area contributed by atoms with Gasteiger partial charge in [-0.05, 0) is 41.7 Å². The van der Waals surface area contributed by atoms with E-state index in [-0.39, 0.29) is 19.0 Å². The van der Waals surface area contributed by atoms with E-state index in [1.54, 1.807) is 12.1 Å². The Morgan fingerprint density at radius 1 is 1.00 bits per heavy atom. The first-order valence-corrected chi connectivity index (χ1v) is 8.48. The van der Waals surface area contributed by atoms with Crippen LogP contribution < -0.4 is 0 Å². The van der Waals surface area contributed by atoms with Crippen LogP contribution in [0.5, 0.6) is 0 Å². The second kappa shape index (κ2) is 9.52. The Morgan fingerprint density at radius 2 is 1.62 bits per heavy atom. The van der Waals surface area contributed by atoms with Crippen molar-refractivity contribution < 1.29 is 9.53 Å². The topological polar surface area (TPSA) is 50.1 Å². The summed E-state index contributed by atoms with van der Waals surface area (Å²) in [6.45, 7) is 2.35. The normalized spacial score (nSPS) is 10.2. The van der Waals surface area contributed by atoms with Crippen molar-refractivity contribution in [2.24, 2.45) is 0 Å². The molecule has 0 heterocycles. The molecule has 0 N–H and O–H groups in total. The lowest BCUT2D eigenvalue weighted by Crippen LogP contribution is -2.05. The number of esters is 1. The molecule has 0 saturated carbocycles. The van der Waals surface area contributed by atoms with Crippen LogP contribution in [-0.4, -0.2) is 12.6 Å². The summed E-state index contributed by atoms with van der Waals surface area (Å²) in [7, 11) is 0. The third kappa shape index (κ3) is 5.24. The molecule has 0 fully saturated rings. The summed E-state index contributed by atoms with van der Waals surface area (Å²) >= 11 is 0. The number of aryl methyl sites for hydroxylation is 1. The molecule has 2 rings (SSSR count). The molecule has 3 nitrogen and oxygen atoms in total. The van der Waals surface area contributed by atoms with Gasteiger partial charge in [0.25, 0.3) is 0 Å². The third-order valence-electron chi connectivity index (χ3n) is 3.92. The lowest BCUT2D eigenvalue weighted by Gasteiger charge is -2.06. The van der Waals surface area contributed by atoms with E-state index in [0.717, 1.165) is 17.5 Å². The number of benzene rings is 2. The van der Waals surface area contributed by atoms with E-state index in [1.165, 1.54) is 24.8 Å². The maximum Gasteiger partial charge on any atom is 0.338 e. The number of unbranched alkanes of at least 4 members (excludes halogenated alkanes) is 2. The predicted molar refractivity (Wildman–Crippen MR) is 95.6 cm³/mol. The van der Waals surface area contributed by atoms with E-state index in [2.05, 4.69) is 31.2 Å². The Balaban J connectivity index is 1.97. The van der Waals surface area contributed by atoms with Crippen molar-refractivity contribution in [3.8, 4) is 17.2 Å². The fourth-order valence-corrected chi connectivity index (χ4v) is 2.51. The van der Waals surface area contributed by atoms with Gasteiger partial charge in [-0.3, -0.25) is 0 Å². The Labute approximate surface area is 143 Å². The fourth-order valence-electron chi connectivity index (χ4n) is 2.51. The van der Waals surface area contributed by atoms with Crippen LogP contribution in [-0.2, 0) is 11.2 Å². The zero-order chi connectivity index (χ0) is 17.2. The molecule has 0 aliphatic rings. The van der Waals surface area contributed by atoms with Gasteiger partial charge in [0.1, 0.15) is 6.61 Å². The molecule has 0 radical (unpaired) electrons. The highest BCUT2D eigenvalue weighted by atomic mass is 16.5. The van der Waals surface area contributed by atoms with Crippen LogP contribution in [0.15, 0.2) is 48.5 Å². The van der Waals surface area contributed by atoms with Crippen molar-refractivity contribution in [2.75, 3.05) is 6.61 Å². The van der Waals surface area contributed by atoms with Gasteiger partial charge in [0.2, 0.25) is 0 Å². The van der Waals surface area contributed by atoms with E-state index in [9.17, 15) is 4.79 Å². The molecule has 0 amide bonds. The van der Waals surface area contributed by atoms with Gasteiger partial charge in [-0.1, -0.05) is 56.2 Å². The minimum Gasteiger partial charge on any atom is -0.461 e. The molecule has 3 heteroatoms. The number of hydrogen-bond acceptors (Lipinski definition) is 3. The number of nitrogens with zero attached hydrogens (tertiary/aromatic N) is 1. The van der Waals surface area contributed by atoms with E-state index in [1.807, 2.05) is 18.2 Å². The number of ether oxygens (including phenoxy) is 1. The standard InChI is InChI=1S/C21H23NO2/c1-2-3-4-6-17-7-9-18(10-8-17)19-11-13-20(14-12-19)21(23)24-16-5-15-22/h7-14H,2-6,16H2,1H3. The zero-order valence-electron chi connectivity index (χ0n) is 14.1. The highest BCUT2D eigenvalue weighted by Gasteiger charge is 2.07. The van der Waals surface area contributed by atoms with Crippen molar-refractivity contribution >= 4 is 5.97 Å². The third-order valence-corrected chi connectivity index (χ3v) is 3.92. The molecule has 0 unspecified atom stereocenters. The summed E-state index contributed by atoms with van der Waals surface area (Å²) in [5.74, 6) is -0.386. The van der Waals surface area contributed by atoms with Gasteiger partial charge >= 0.3 is 5.97 Å². The van der Waals surface area contributed by atoms with Crippen LogP contribution in [0, 0.1) is 11.3 Å². The van der Waals surface area contributed by atoms with Gasteiger partial charge in [-0.15, -0.1) is 0 Å². The Morgan fingerprint density at radius 3 is 2.21 bits per heavy atom. The van der Waals surface area contributed by atoms with E-state index in [4.69, 9.17) is 10.00 Å². The van der Waals surface area contributed by atoms with E-state index < -0.39 is 0 Å². The number of rotatable bonds is 8. The largest absolute Gasteiger partial charge is 0.461 e. The van der Waals surface area contributed by atoms with Crippen molar-refractivity contribution in [3.63, 3.8) is 0 Å². The highest BCUT2D eigenvalue weighted by molar-refractivity contribution is 5.90. The second-order valence-electron chi connectivity index (χ2n) is 5.78. The van der Waals surface area contributed by atoms with Crippen molar-refractivity contribution in [1.29, 1.82) is 5.26 Å². The summed E-state index contributed by atoms with van der Waals surface area (Å²) < 4.78 is 5.02.